The number of hydrogen-bond donors (Lipinski definition) is 0. The monoisotopic (exact) mass is 261 g/mol. The van der Waals surface area contributed by atoms with Crippen molar-refractivity contribution in [2.45, 2.75) is 0 Å². The Bertz CT molecular complexity index is 134. The van der Waals surface area contributed by atoms with Crippen molar-refractivity contribution in [3.05, 3.63) is 30.3 Å². The van der Waals surface area contributed by atoms with Crippen LogP contribution in [0.2, 0.25) is 0 Å². The quantitative estimate of drug-likeness (QED) is 0.649. The Morgan fingerprint density at radius 2 is 1.57 bits per heavy atom. The molecule has 1 rings (SSSR count). The van der Waals surface area contributed by atoms with Gasteiger partial charge in [-0.1, -0.05) is 0 Å². The molecule has 1 aromatic rings. The van der Waals surface area contributed by atoms with Crippen LogP contribution in [-0.4, -0.2) is 0 Å². The van der Waals surface area contributed by atoms with Crippen molar-refractivity contribution in [1.82, 2.24) is 0 Å². The second kappa shape index (κ2) is 2.28. The third-order valence-corrected chi connectivity index (χ3v) is 1.72. The summed E-state index contributed by atoms with van der Waals surface area (Å²) in [6.45, 7) is 0. The zero-order valence-corrected chi connectivity index (χ0v) is 6.73. The first-order valence-corrected chi connectivity index (χ1v) is 3.58. The van der Waals surface area contributed by atoms with Gasteiger partial charge >= 0.3 is 54.1 Å². The van der Waals surface area contributed by atoms with E-state index >= 15 is 0 Å². The predicted molar refractivity (Wildman–Crippen MR) is 26.1 cm³/mol. The molecule has 35 valence electrons. The summed E-state index contributed by atoms with van der Waals surface area (Å²) in [5.41, 5.74) is 0. The van der Waals surface area contributed by atoms with Crippen LogP contribution in [0.15, 0.2) is 30.3 Å². The fourth-order valence-corrected chi connectivity index (χ4v) is 0.985. The van der Waals surface area contributed by atoms with Gasteiger partial charge in [0.05, 0.1) is 0 Å². The molecule has 0 aliphatic heterocycles. The van der Waals surface area contributed by atoms with Gasteiger partial charge in [-0.3, -0.25) is 0 Å². The van der Waals surface area contributed by atoms with E-state index in [1.54, 1.807) is 0 Å². The molecule has 0 amide bonds. The fraction of sp³-hybridized carbons (Fsp3) is 0. The molecule has 0 spiro atoms. The van der Waals surface area contributed by atoms with Gasteiger partial charge in [0.25, 0.3) is 0 Å². The summed E-state index contributed by atoms with van der Waals surface area (Å²) in [4.78, 5) is 0. The van der Waals surface area contributed by atoms with E-state index in [1.165, 1.54) is 23.8 Å². The van der Waals surface area contributed by atoms with Crippen LogP contribution in [0.5, 0.6) is 0 Å². The second-order valence-corrected chi connectivity index (χ2v) is 3.01. The minimum atomic E-state index is 1.41. The first kappa shape index (κ1) is 5.05. The van der Waals surface area contributed by atoms with Gasteiger partial charge in [0, 0.05) is 0 Å². The first-order valence-electron chi connectivity index (χ1n) is 2.11. The molecule has 0 bridgehead atoms. The van der Waals surface area contributed by atoms with Crippen LogP contribution in [0.25, 0.3) is 0 Å². The van der Waals surface area contributed by atoms with Crippen molar-refractivity contribution in [3.63, 3.8) is 0 Å². The van der Waals surface area contributed by atoms with Crippen LogP contribution >= 0.6 is 0 Å². The molecule has 0 fully saturated rings. The Morgan fingerprint density at radius 3 is 1.86 bits per heavy atom. The average Bonchev–Trinajstić information content (AvgIpc) is 1.69. The Kier molecular flexibility index (Phi) is 1.64. The maximum atomic E-state index is 2.12. The molecule has 0 atom stereocenters. The van der Waals surface area contributed by atoms with E-state index in [-0.39, 0.29) is 0 Å². The molecule has 0 radical (unpaired) electrons. The van der Waals surface area contributed by atoms with Crippen molar-refractivity contribution in [2.24, 2.45) is 0 Å². The van der Waals surface area contributed by atoms with Gasteiger partial charge in [-0.2, -0.15) is 0 Å². The van der Waals surface area contributed by atoms with Crippen molar-refractivity contribution in [1.29, 1.82) is 0 Å². The van der Waals surface area contributed by atoms with Gasteiger partial charge in [-0.15, -0.1) is 0 Å². The van der Waals surface area contributed by atoms with E-state index in [0.29, 0.717) is 0 Å². The molecule has 0 aliphatic carbocycles. The standard InChI is InChI=1S/C6H5.W/c1-2-4-6-5-3-1;/h1-5H;. The van der Waals surface area contributed by atoms with Crippen LogP contribution in [0, 0.1) is 0 Å². The number of hydrogen-bond acceptors (Lipinski definition) is 0. The second-order valence-electron chi connectivity index (χ2n) is 1.31. The molecule has 0 unspecified atom stereocenters. The molecule has 0 aliphatic rings. The summed E-state index contributed by atoms with van der Waals surface area (Å²) in [6, 6.07) is 10.4. The molecule has 0 aromatic heterocycles. The molecular weight excluding hydrogens is 256 g/mol. The van der Waals surface area contributed by atoms with E-state index in [4.69, 9.17) is 0 Å². The van der Waals surface area contributed by atoms with Gasteiger partial charge in [0.1, 0.15) is 0 Å². The van der Waals surface area contributed by atoms with Gasteiger partial charge in [0.15, 0.2) is 0 Å². The Morgan fingerprint density at radius 1 is 1.00 bits per heavy atom. The van der Waals surface area contributed by atoms with Crippen molar-refractivity contribution < 1.29 is 19.8 Å². The van der Waals surface area contributed by atoms with Crippen LogP contribution in [0.4, 0.5) is 0 Å². The summed E-state index contributed by atoms with van der Waals surface area (Å²) in [7, 11) is 0. The van der Waals surface area contributed by atoms with E-state index < -0.39 is 0 Å². The average molecular weight is 261 g/mol. The third-order valence-electron chi connectivity index (χ3n) is 0.743. The van der Waals surface area contributed by atoms with Crippen molar-refractivity contribution >= 4 is 3.95 Å². The Hall–Kier alpha value is -0.0917. The van der Waals surface area contributed by atoms with Gasteiger partial charge in [-0.05, 0) is 0 Å². The number of rotatable bonds is 0. The van der Waals surface area contributed by atoms with E-state index in [2.05, 4.69) is 24.3 Å². The van der Waals surface area contributed by atoms with Crippen LogP contribution in [0.1, 0.15) is 0 Å². The van der Waals surface area contributed by atoms with Crippen molar-refractivity contribution in [2.75, 3.05) is 0 Å². The Balaban J connectivity index is 3.02. The summed E-state index contributed by atoms with van der Waals surface area (Å²) < 4.78 is 1.41. The summed E-state index contributed by atoms with van der Waals surface area (Å²) in [5, 5.41) is 0. The topological polar surface area (TPSA) is 0 Å². The van der Waals surface area contributed by atoms with E-state index in [9.17, 15) is 0 Å². The predicted octanol–water partition coefficient (Wildman–Crippen LogP) is 0.859. The van der Waals surface area contributed by atoms with Crippen LogP contribution in [-0.2, 0) is 19.8 Å². The first-order chi connectivity index (χ1) is 3.39. The normalized spacial score (nSPS) is 8.57. The summed E-state index contributed by atoms with van der Waals surface area (Å²) in [5.74, 6) is 0. The van der Waals surface area contributed by atoms with Crippen molar-refractivity contribution in [3.8, 4) is 0 Å². The van der Waals surface area contributed by atoms with E-state index in [0.717, 1.165) is 0 Å². The minimum absolute atomic E-state index is 1.41. The van der Waals surface area contributed by atoms with Gasteiger partial charge in [-0.25, -0.2) is 0 Å². The van der Waals surface area contributed by atoms with Crippen LogP contribution < -0.4 is 3.95 Å². The molecule has 7 heavy (non-hydrogen) atoms. The van der Waals surface area contributed by atoms with Gasteiger partial charge in [0.2, 0.25) is 0 Å². The summed E-state index contributed by atoms with van der Waals surface area (Å²) in [6.07, 6.45) is 0. The maximum absolute atomic E-state index is 2.12. The summed E-state index contributed by atoms with van der Waals surface area (Å²) >= 11 is 1.54. The molecule has 0 saturated carbocycles. The number of benzene rings is 1. The van der Waals surface area contributed by atoms with Crippen LogP contribution in [0.3, 0.4) is 0 Å². The third kappa shape index (κ3) is 1.44. The SMILES string of the molecule is [W][c]1ccccc1. The molecule has 0 N–H and O–H groups in total. The zero-order chi connectivity index (χ0) is 5.11. The fourth-order valence-electron chi connectivity index (χ4n) is 0.420. The molecule has 1 heteroatoms. The van der Waals surface area contributed by atoms with Gasteiger partial charge < -0.3 is 0 Å². The molecule has 0 nitrogen and oxygen atoms in total. The van der Waals surface area contributed by atoms with E-state index in [1.807, 2.05) is 6.07 Å². The molecule has 0 saturated heterocycles. The molecular formula is C6H5W. The molecule has 1 aromatic carbocycles. The Labute approximate surface area is 54.5 Å². The molecule has 0 heterocycles. The zero-order valence-electron chi connectivity index (χ0n) is 3.79.